The van der Waals surface area contributed by atoms with Crippen molar-refractivity contribution in [3.8, 4) is 0 Å². The van der Waals surface area contributed by atoms with Crippen molar-refractivity contribution >= 4 is 11.8 Å². The van der Waals surface area contributed by atoms with Gasteiger partial charge in [0.2, 0.25) is 11.8 Å². The predicted molar refractivity (Wildman–Crippen MR) is 109 cm³/mol. The van der Waals surface area contributed by atoms with Crippen LogP contribution in [0.5, 0.6) is 0 Å². The zero-order chi connectivity index (χ0) is 19.8. The predicted octanol–water partition coefficient (Wildman–Crippen LogP) is 3.73. The monoisotopic (exact) mass is 366 g/mol. The van der Waals surface area contributed by atoms with Crippen molar-refractivity contribution < 1.29 is 9.59 Å². The summed E-state index contributed by atoms with van der Waals surface area (Å²) >= 11 is 0. The molecule has 0 aliphatic heterocycles. The fourth-order valence-corrected chi connectivity index (χ4v) is 2.80. The highest BCUT2D eigenvalue weighted by Gasteiger charge is 2.26. The van der Waals surface area contributed by atoms with Crippen LogP contribution in [0.3, 0.4) is 0 Å². The molecule has 1 unspecified atom stereocenters. The minimum Gasteiger partial charge on any atom is -0.354 e. The SMILES string of the molecule is Cc1ccc(CN(C(=O)Cc2ccccc2)C(C)C(=O)NCC(C)C)cc1. The van der Waals surface area contributed by atoms with Crippen molar-refractivity contribution in [2.45, 2.75) is 46.7 Å². The number of rotatable bonds is 8. The van der Waals surface area contributed by atoms with Crippen LogP contribution in [-0.4, -0.2) is 29.3 Å². The topological polar surface area (TPSA) is 49.4 Å². The van der Waals surface area contributed by atoms with E-state index in [1.807, 2.05) is 61.5 Å². The molecule has 144 valence electrons. The summed E-state index contributed by atoms with van der Waals surface area (Å²) in [7, 11) is 0. The van der Waals surface area contributed by atoms with Gasteiger partial charge in [-0.2, -0.15) is 0 Å². The summed E-state index contributed by atoms with van der Waals surface area (Å²) in [6.07, 6.45) is 0.286. The van der Waals surface area contributed by atoms with Crippen LogP contribution < -0.4 is 5.32 Å². The van der Waals surface area contributed by atoms with E-state index < -0.39 is 6.04 Å². The van der Waals surface area contributed by atoms with Gasteiger partial charge in [0.05, 0.1) is 6.42 Å². The third-order valence-corrected chi connectivity index (χ3v) is 4.52. The van der Waals surface area contributed by atoms with Crippen molar-refractivity contribution in [2.75, 3.05) is 6.54 Å². The molecular weight excluding hydrogens is 336 g/mol. The van der Waals surface area contributed by atoms with E-state index >= 15 is 0 Å². The summed E-state index contributed by atoms with van der Waals surface area (Å²) in [5.41, 5.74) is 3.14. The largest absolute Gasteiger partial charge is 0.354 e. The van der Waals surface area contributed by atoms with Crippen LogP contribution >= 0.6 is 0 Å². The summed E-state index contributed by atoms with van der Waals surface area (Å²) in [5.74, 6) is 0.206. The average Bonchev–Trinajstić information content (AvgIpc) is 2.65. The molecule has 0 aliphatic rings. The molecule has 0 bridgehead atoms. The second-order valence-corrected chi connectivity index (χ2v) is 7.48. The van der Waals surface area contributed by atoms with Crippen molar-refractivity contribution in [3.63, 3.8) is 0 Å². The molecule has 0 fully saturated rings. The van der Waals surface area contributed by atoms with Gasteiger partial charge in [-0.25, -0.2) is 0 Å². The Morgan fingerprint density at radius 2 is 1.56 bits per heavy atom. The molecule has 2 rings (SSSR count). The molecule has 0 spiro atoms. The quantitative estimate of drug-likeness (QED) is 0.774. The summed E-state index contributed by atoms with van der Waals surface area (Å²) < 4.78 is 0. The van der Waals surface area contributed by atoms with Gasteiger partial charge in [-0.3, -0.25) is 9.59 Å². The van der Waals surface area contributed by atoms with Crippen LogP contribution in [0.15, 0.2) is 54.6 Å². The van der Waals surface area contributed by atoms with Crippen molar-refractivity contribution in [1.82, 2.24) is 10.2 Å². The van der Waals surface area contributed by atoms with E-state index in [1.165, 1.54) is 5.56 Å². The van der Waals surface area contributed by atoms with Gasteiger partial charge in [0.15, 0.2) is 0 Å². The van der Waals surface area contributed by atoms with Gasteiger partial charge in [0, 0.05) is 13.1 Å². The highest BCUT2D eigenvalue weighted by atomic mass is 16.2. The first kappa shape index (κ1) is 20.7. The number of hydrogen-bond donors (Lipinski definition) is 1. The summed E-state index contributed by atoms with van der Waals surface area (Å²) in [4.78, 5) is 27.3. The second kappa shape index (κ2) is 9.91. The van der Waals surface area contributed by atoms with Crippen molar-refractivity contribution in [1.29, 1.82) is 0 Å². The molecule has 2 amide bonds. The van der Waals surface area contributed by atoms with Crippen LogP contribution in [0.4, 0.5) is 0 Å². The summed E-state index contributed by atoms with van der Waals surface area (Å²) in [5, 5.41) is 2.94. The maximum absolute atomic E-state index is 13.0. The highest BCUT2D eigenvalue weighted by Crippen LogP contribution is 2.13. The van der Waals surface area contributed by atoms with E-state index in [-0.39, 0.29) is 18.2 Å². The Morgan fingerprint density at radius 3 is 2.15 bits per heavy atom. The number of carbonyl (C=O) groups excluding carboxylic acids is 2. The van der Waals surface area contributed by atoms with Gasteiger partial charge in [0.1, 0.15) is 6.04 Å². The molecule has 0 aromatic heterocycles. The summed E-state index contributed by atoms with van der Waals surface area (Å²) in [6, 6.07) is 17.2. The lowest BCUT2D eigenvalue weighted by atomic mass is 10.1. The number of nitrogens with one attached hydrogen (secondary N) is 1. The maximum atomic E-state index is 13.0. The Kier molecular flexibility index (Phi) is 7.59. The smallest absolute Gasteiger partial charge is 0.242 e. The number of hydrogen-bond acceptors (Lipinski definition) is 2. The van der Waals surface area contributed by atoms with E-state index in [0.29, 0.717) is 19.0 Å². The lowest BCUT2D eigenvalue weighted by Gasteiger charge is -2.29. The number of amides is 2. The first-order valence-corrected chi connectivity index (χ1v) is 9.53. The lowest BCUT2D eigenvalue weighted by Crippen LogP contribution is -2.48. The molecule has 1 atom stereocenters. The van der Waals surface area contributed by atoms with Crippen LogP contribution in [0.2, 0.25) is 0 Å². The zero-order valence-electron chi connectivity index (χ0n) is 16.7. The first-order chi connectivity index (χ1) is 12.9. The minimum atomic E-state index is -0.527. The number of benzene rings is 2. The van der Waals surface area contributed by atoms with E-state index in [2.05, 4.69) is 19.2 Å². The Hall–Kier alpha value is -2.62. The molecule has 1 N–H and O–H groups in total. The van der Waals surface area contributed by atoms with E-state index in [9.17, 15) is 9.59 Å². The third kappa shape index (κ3) is 6.55. The molecule has 4 heteroatoms. The normalized spacial score (nSPS) is 11.9. The summed E-state index contributed by atoms with van der Waals surface area (Å²) in [6.45, 7) is 8.96. The van der Waals surface area contributed by atoms with Gasteiger partial charge >= 0.3 is 0 Å². The van der Waals surface area contributed by atoms with E-state index in [4.69, 9.17) is 0 Å². The van der Waals surface area contributed by atoms with Gasteiger partial charge in [-0.05, 0) is 30.9 Å². The molecule has 0 heterocycles. The zero-order valence-corrected chi connectivity index (χ0v) is 16.7. The Labute approximate surface area is 162 Å². The van der Waals surface area contributed by atoms with Crippen LogP contribution in [0.25, 0.3) is 0 Å². The molecule has 27 heavy (non-hydrogen) atoms. The molecular formula is C23H30N2O2. The van der Waals surface area contributed by atoms with Crippen LogP contribution in [-0.2, 0) is 22.6 Å². The number of carbonyl (C=O) groups is 2. The lowest BCUT2D eigenvalue weighted by molar-refractivity contribution is -0.140. The van der Waals surface area contributed by atoms with Gasteiger partial charge < -0.3 is 10.2 Å². The molecule has 0 saturated carbocycles. The van der Waals surface area contributed by atoms with Crippen molar-refractivity contribution in [3.05, 3.63) is 71.3 Å². The van der Waals surface area contributed by atoms with Crippen LogP contribution in [0.1, 0.15) is 37.5 Å². The number of nitrogens with zero attached hydrogens (tertiary/aromatic N) is 1. The van der Waals surface area contributed by atoms with Gasteiger partial charge in [-0.15, -0.1) is 0 Å². The average molecular weight is 367 g/mol. The molecule has 4 nitrogen and oxygen atoms in total. The first-order valence-electron chi connectivity index (χ1n) is 9.53. The minimum absolute atomic E-state index is 0.0472. The molecule has 0 radical (unpaired) electrons. The molecule has 0 saturated heterocycles. The van der Waals surface area contributed by atoms with Gasteiger partial charge in [0.25, 0.3) is 0 Å². The highest BCUT2D eigenvalue weighted by molar-refractivity contribution is 5.88. The molecule has 0 aliphatic carbocycles. The molecule has 2 aromatic rings. The Morgan fingerprint density at radius 1 is 0.926 bits per heavy atom. The maximum Gasteiger partial charge on any atom is 0.242 e. The van der Waals surface area contributed by atoms with Crippen LogP contribution in [0, 0.1) is 12.8 Å². The second-order valence-electron chi connectivity index (χ2n) is 7.48. The van der Waals surface area contributed by atoms with Crippen molar-refractivity contribution in [2.24, 2.45) is 5.92 Å². The Bertz CT molecular complexity index is 739. The van der Waals surface area contributed by atoms with E-state index in [0.717, 1.165) is 11.1 Å². The number of aryl methyl sites for hydroxylation is 1. The third-order valence-electron chi connectivity index (χ3n) is 4.52. The fraction of sp³-hybridized carbons (Fsp3) is 0.391. The fourth-order valence-electron chi connectivity index (χ4n) is 2.80. The standard InChI is InChI=1S/C23H30N2O2/c1-17(2)15-24-23(27)19(4)25(16-21-12-10-18(3)11-13-21)22(26)14-20-8-6-5-7-9-20/h5-13,17,19H,14-16H2,1-4H3,(H,24,27). The Balaban J connectivity index is 2.17. The molecule has 2 aromatic carbocycles. The van der Waals surface area contributed by atoms with E-state index in [1.54, 1.807) is 11.8 Å². The van der Waals surface area contributed by atoms with Gasteiger partial charge in [-0.1, -0.05) is 74.0 Å².